The van der Waals surface area contributed by atoms with Gasteiger partial charge in [-0.3, -0.25) is 9.69 Å². The van der Waals surface area contributed by atoms with E-state index in [1.807, 2.05) is 31.2 Å². The molecule has 2 aliphatic rings. The van der Waals surface area contributed by atoms with Crippen LogP contribution < -0.4 is 10.2 Å². The molecule has 1 heterocycles. The van der Waals surface area contributed by atoms with Crippen LogP contribution in [0.1, 0.15) is 19.8 Å². The third-order valence-electron chi connectivity index (χ3n) is 3.37. The van der Waals surface area contributed by atoms with Gasteiger partial charge in [0.25, 0.3) is 0 Å². The van der Waals surface area contributed by atoms with Crippen molar-refractivity contribution >= 4 is 23.4 Å². The Morgan fingerprint density at radius 2 is 2.05 bits per heavy atom. The molecule has 1 atom stereocenters. The number of carbonyl (C=O) groups excluding carboxylic acids is 2. The van der Waals surface area contributed by atoms with Crippen LogP contribution in [-0.4, -0.2) is 24.6 Å². The molecule has 1 fully saturated rings. The predicted molar refractivity (Wildman–Crippen MR) is 71.1 cm³/mol. The molecule has 0 saturated heterocycles. The highest BCUT2D eigenvalue weighted by atomic mass is 16.6. The predicted octanol–water partition coefficient (Wildman–Crippen LogP) is 2.38. The number of hydrogen-bond acceptors (Lipinski definition) is 4. The molecule has 0 radical (unpaired) electrons. The third kappa shape index (κ3) is 2.41. The number of esters is 1. The number of hydrogen-bond donors (Lipinski definition) is 1. The zero-order chi connectivity index (χ0) is 13.4. The SMILES string of the molecule is CC1CN(C(=O)OC(=O)C2CC2)c2ccccc2N1. The minimum Gasteiger partial charge on any atom is -0.379 e. The molecular formula is C14H16N2O3. The highest BCUT2D eigenvalue weighted by molar-refractivity contribution is 5.99. The fourth-order valence-electron chi connectivity index (χ4n) is 2.23. The first-order valence-corrected chi connectivity index (χ1v) is 6.54. The van der Waals surface area contributed by atoms with Crippen molar-refractivity contribution in [3.63, 3.8) is 0 Å². The van der Waals surface area contributed by atoms with Crippen LogP contribution in [0, 0.1) is 5.92 Å². The summed E-state index contributed by atoms with van der Waals surface area (Å²) in [6, 6.07) is 7.64. The molecule has 1 unspecified atom stereocenters. The molecule has 5 nitrogen and oxygen atoms in total. The van der Waals surface area contributed by atoms with Crippen molar-refractivity contribution in [1.82, 2.24) is 0 Å². The Balaban J connectivity index is 1.79. The van der Waals surface area contributed by atoms with Crippen molar-refractivity contribution in [3.8, 4) is 0 Å². The molecule has 1 aliphatic heterocycles. The molecule has 1 aromatic carbocycles. The zero-order valence-electron chi connectivity index (χ0n) is 10.8. The molecule has 1 aliphatic carbocycles. The summed E-state index contributed by atoms with van der Waals surface area (Å²) in [4.78, 5) is 25.2. The van der Waals surface area contributed by atoms with Crippen molar-refractivity contribution in [3.05, 3.63) is 24.3 Å². The summed E-state index contributed by atoms with van der Waals surface area (Å²) in [5.41, 5.74) is 1.64. The maximum absolute atomic E-state index is 12.1. The van der Waals surface area contributed by atoms with Gasteiger partial charge in [-0.05, 0) is 31.9 Å². The second-order valence-electron chi connectivity index (χ2n) is 5.13. The van der Waals surface area contributed by atoms with Crippen molar-refractivity contribution in [2.75, 3.05) is 16.8 Å². The van der Waals surface area contributed by atoms with Gasteiger partial charge in [0.1, 0.15) is 0 Å². The van der Waals surface area contributed by atoms with E-state index in [9.17, 15) is 9.59 Å². The number of rotatable bonds is 1. The van der Waals surface area contributed by atoms with Crippen molar-refractivity contribution in [2.24, 2.45) is 5.92 Å². The topological polar surface area (TPSA) is 58.6 Å². The van der Waals surface area contributed by atoms with E-state index in [1.54, 1.807) is 0 Å². The second kappa shape index (κ2) is 4.57. The first kappa shape index (κ1) is 12.0. The van der Waals surface area contributed by atoms with Crippen LogP contribution in [0.4, 0.5) is 16.2 Å². The normalized spacial score (nSPS) is 21.3. The van der Waals surface area contributed by atoms with Gasteiger partial charge in [0.15, 0.2) is 0 Å². The minimum absolute atomic E-state index is 0.0699. The lowest BCUT2D eigenvalue weighted by Gasteiger charge is -2.33. The monoisotopic (exact) mass is 260 g/mol. The lowest BCUT2D eigenvalue weighted by atomic mass is 10.1. The van der Waals surface area contributed by atoms with Gasteiger partial charge in [-0.2, -0.15) is 0 Å². The molecule has 100 valence electrons. The van der Waals surface area contributed by atoms with Crippen LogP contribution in [-0.2, 0) is 9.53 Å². The van der Waals surface area contributed by atoms with Crippen LogP contribution in [0.3, 0.4) is 0 Å². The maximum atomic E-state index is 12.1. The van der Waals surface area contributed by atoms with Crippen molar-refractivity contribution in [2.45, 2.75) is 25.8 Å². The summed E-state index contributed by atoms with van der Waals surface area (Å²) in [5.74, 6) is -0.465. The molecule has 1 aromatic rings. The largest absolute Gasteiger partial charge is 0.422 e. The Labute approximate surface area is 111 Å². The fraction of sp³-hybridized carbons (Fsp3) is 0.429. The van der Waals surface area contributed by atoms with Gasteiger partial charge >= 0.3 is 12.1 Å². The molecule has 0 spiro atoms. The van der Waals surface area contributed by atoms with E-state index in [0.717, 1.165) is 24.2 Å². The van der Waals surface area contributed by atoms with Gasteiger partial charge in [-0.25, -0.2) is 4.79 Å². The molecule has 1 N–H and O–H groups in total. The summed E-state index contributed by atoms with van der Waals surface area (Å²) in [7, 11) is 0. The minimum atomic E-state index is -0.572. The van der Waals surface area contributed by atoms with Crippen LogP contribution in [0.5, 0.6) is 0 Å². The molecule has 1 amide bonds. The summed E-state index contributed by atoms with van der Waals surface area (Å²) >= 11 is 0. The quantitative estimate of drug-likeness (QED) is 0.622. The molecule has 0 aromatic heterocycles. The number of carbonyl (C=O) groups is 2. The van der Waals surface area contributed by atoms with Gasteiger partial charge in [-0.15, -0.1) is 0 Å². The van der Waals surface area contributed by atoms with Gasteiger partial charge in [0, 0.05) is 12.6 Å². The Kier molecular flexibility index (Phi) is 2.89. The van der Waals surface area contributed by atoms with E-state index >= 15 is 0 Å². The van der Waals surface area contributed by atoms with Gasteiger partial charge in [-0.1, -0.05) is 12.1 Å². The first-order valence-electron chi connectivity index (χ1n) is 6.54. The highest BCUT2D eigenvalue weighted by Crippen LogP contribution is 2.33. The van der Waals surface area contributed by atoms with E-state index in [4.69, 9.17) is 4.74 Å². The third-order valence-corrected chi connectivity index (χ3v) is 3.37. The first-order chi connectivity index (χ1) is 9.15. The van der Waals surface area contributed by atoms with E-state index in [0.29, 0.717) is 6.54 Å². The number of ether oxygens (including phenoxy) is 1. The van der Waals surface area contributed by atoms with Gasteiger partial charge in [0.2, 0.25) is 0 Å². The molecule has 1 saturated carbocycles. The summed E-state index contributed by atoms with van der Waals surface area (Å²) in [6.07, 6.45) is 1.10. The van der Waals surface area contributed by atoms with Crippen LogP contribution in [0.2, 0.25) is 0 Å². The molecular weight excluding hydrogens is 244 g/mol. The number of benzene rings is 1. The Morgan fingerprint density at radius 3 is 2.79 bits per heavy atom. The molecule has 19 heavy (non-hydrogen) atoms. The van der Waals surface area contributed by atoms with E-state index in [1.165, 1.54) is 4.90 Å². The van der Waals surface area contributed by atoms with Crippen LogP contribution >= 0.6 is 0 Å². The fourth-order valence-corrected chi connectivity index (χ4v) is 2.23. The summed E-state index contributed by atoms with van der Waals surface area (Å²) < 4.78 is 4.94. The average Bonchev–Trinajstić information content (AvgIpc) is 3.21. The highest BCUT2D eigenvalue weighted by Gasteiger charge is 2.35. The summed E-state index contributed by atoms with van der Waals surface area (Å²) in [6.45, 7) is 2.48. The Bertz CT molecular complexity index is 525. The standard InChI is InChI=1S/C14H16N2O3/c1-9-8-16(12-5-3-2-4-11(12)15-9)14(18)19-13(17)10-6-7-10/h2-5,9-10,15H,6-8H2,1H3. The van der Waals surface area contributed by atoms with Gasteiger partial charge in [0.05, 0.1) is 17.3 Å². The zero-order valence-corrected chi connectivity index (χ0v) is 10.8. The number of para-hydroxylation sites is 2. The van der Waals surface area contributed by atoms with Crippen molar-refractivity contribution < 1.29 is 14.3 Å². The summed E-state index contributed by atoms with van der Waals surface area (Å²) in [5, 5.41) is 3.30. The van der Waals surface area contributed by atoms with Gasteiger partial charge < -0.3 is 10.1 Å². The van der Waals surface area contributed by atoms with Crippen LogP contribution in [0.25, 0.3) is 0 Å². The average molecular weight is 260 g/mol. The lowest BCUT2D eigenvalue weighted by Crippen LogP contribution is -2.44. The van der Waals surface area contributed by atoms with Crippen LogP contribution in [0.15, 0.2) is 24.3 Å². The Morgan fingerprint density at radius 1 is 1.32 bits per heavy atom. The van der Waals surface area contributed by atoms with E-state index in [2.05, 4.69) is 5.32 Å². The van der Waals surface area contributed by atoms with E-state index in [-0.39, 0.29) is 12.0 Å². The number of nitrogens with zero attached hydrogens (tertiary/aromatic N) is 1. The second-order valence-corrected chi connectivity index (χ2v) is 5.13. The number of amides is 1. The maximum Gasteiger partial charge on any atom is 0.422 e. The van der Waals surface area contributed by atoms with Crippen molar-refractivity contribution in [1.29, 1.82) is 0 Å². The molecule has 5 heteroatoms. The molecule has 3 rings (SSSR count). The molecule has 0 bridgehead atoms. The lowest BCUT2D eigenvalue weighted by molar-refractivity contribution is -0.138. The number of nitrogens with one attached hydrogen (secondary N) is 1. The Hall–Kier alpha value is -2.04. The van der Waals surface area contributed by atoms with E-state index < -0.39 is 12.1 Å². The number of fused-ring (bicyclic) bond motifs is 1. The number of anilines is 2. The smallest absolute Gasteiger partial charge is 0.379 e.